The van der Waals surface area contributed by atoms with Gasteiger partial charge in [-0.15, -0.1) is 0 Å². The molecular weight excluding hydrogens is 701 g/mol. The van der Waals surface area contributed by atoms with Gasteiger partial charge in [0, 0.05) is 33.8 Å². The van der Waals surface area contributed by atoms with Gasteiger partial charge in [-0.1, -0.05) is 188 Å². The van der Waals surface area contributed by atoms with E-state index in [4.69, 9.17) is 0 Å². The second-order valence-electron chi connectivity index (χ2n) is 14.2. The molecule has 0 fully saturated rings. The van der Waals surface area contributed by atoms with Crippen LogP contribution in [0.2, 0.25) is 0 Å². The van der Waals surface area contributed by atoms with Crippen LogP contribution in [0.3, 0.4) is 0 Å². The molecule has 2 nitrogen and oxygen atoms in total. The van der Waals surface area contributed by atoms with Crippen LogP contribution < -0.4 is 9.80 Å². The average Bonchev–Trinajstić information content (AvgIpc) is 3.30. The summed E-state index contributed by atoms with van der Waals surface area (Å²) in [5.74, 6) is 0. The number of hydrogen-bond acceptors (Lipinski definition) is 2. The Morgan fingerprint density at radius 1 is 0.259 bits per heavy atom. The lowest BCUT2D eigenvalue weighted by Gasteiger charge is -2.27. The lowest BCUT2D eigenvalue weighted by Crippen LogP contribution is -2.10. The Labute approximate surface area is 341 Å². The molecule has 9 rings (SSSR count). The van der Waals surface area contributed by atoms with Gasteiger partial charge >= 0.3 is 0 Å². The maximum atomic E-state index is 2.37. The van der Waals surface area contributed by atoms with Crippen molar-refractivity contribution in [2.45, 2.75) is 0 Å². The van der Waals surface area contributed by atoms with Crippen LogP contribution in [-0.2, 0) is 0 Å². The molecule has 0 unspecified atom stereocenters. The molecule has 0 heterocycles. The van der Waals surface area contributed by atoms with Crippen molar-refractivity contribution in [2.75, 3.05) is 9.80 Å². The summed E-state index contributed by atoms with van der Waals surface area (Å²) in [7, 11) is 0. The largest absolute Gasteiger partial charge is 0.310 e. The number of fused-ring (bicyclic) bond motifs is 1. The van der Waals surface area contributed by atoms with Gasteiger partial charge in [0.05, 0.1) is 5.69 Å². The predicted molar refractivity (Wildman–Crippen MR) is 249 cm³/mol. The zero-order valence-corrected chi connectivity index (χ0v) is 32.1. The molecule has 0 aliphatic heterocycles. The summed E-state index contributed by atoms with van der Waals surface area (Å²) in [5, 5.41) is 2.39. The van der Waals surface area contributed by atoms with Crippen molar-refractivity contribution >= 4 is 69.2 Å². The van der Waals surface area contributed by atoms with Gasteiger partial charge in [0.2, 0.25) is 0 Å². The first-order valence-corrected chi connectivity index (χ1v) is 19.8. The first-order chi connectivity index (χ1) is 28.8. The van der Waals surface area contributed by atoms with E-state index < -0.39 is 0 Å². The first kappa shape index (κ1) is 36.0. The third-order valence-electron chi connectivity index (χ3n) is 10.4. The van der Waals surface area contributed by atoms with Crippen molar-refractivity contribution in [3.8, 4) is 11.1 Å². The van der Waals surface area contributed by atoms with Gasteiger partial charge in [-0.3, -0.25) is 0 Å². The lowest BCUT2D eigenvalue weighted by atomic mass is 9.96. The van der Waals surface area contributed by atoms with Gasteiger partial charge in [0.25, 0.3) is 0 Å². The molecule has 0 N–H and O–H groups in total. The molecule has 0 aliphatic carbocycles. The molecule has 9 aromatic carbocycles. The molecule has 0 atom stereocenters. The minimum absolute atomic E-state index is 1.09. The van der Waals surface area contributed by atoms with Gasteiger partial charge in [0.1, 0.15) is 0 Å². The van der Waals surface area contributed by atoms with Crippen LogP contribution in [0.1, 0.15) is 22.3 Å². The number of para-hydroxylation sites is 2. The zero-order valence-electron chi connectivity index (χ0n) is 32.1. The van der Waals surface area contributed by atoms with E-state index in [0.29, 0.717) is 0 Å². The van der Waals surface area contributed by atoms with Gasteiger partial charge in [-0.25, -0.2) is 0 Å². The summed E-state index contributed by atoms with van der Waals surface area (Å²) < 4.78 is 0. The predicted octanol–water partition coefficient (Wildman–Crippen LogP) is 15.8. The molecule has 0 aromatic heterocycles. The van der Waals surface area contributed by atoms with E-state index in [1.54, 1.807) is 0 Å². The summed E-state index contributed by atoms with van der Waals surface area (Å²) in [6, 6.07) is 81.9. The van der Waals surface area contributed by atoms with Crippen LogP contribution in [0.4, 0.5) is 34.1 Å². The molecule has 9 aromatic rings. The second-order valence-corrected chi connectivity index (χ2v) is 14.2. The van der Waals surface area contributed by atoms with Crippen molar-refractivity contribution in [3.63, 3.8) is 0 Å². The smallest absolute Gasteiger partial charge is 0.0540 e. The van der Waals surface area contributed by atoms with E-state index in [2.05, 4.69) is 252 Å². The first-order valence-electron chi connectivity index (χ1n) is 19.8. The Hall–Kier alpha value is -7.68. The molecule has 0 saturated carbocycles. The molecule has 2 heteroatoms. The van der Waals surface area contributed by atoms with Crippen LogP contribution in [-0.4, -0.2) is 0 Å². The second kappa shape index (κ2) is 17.0. The van der Waals surface area contributed by atoms with E-state index in [9.17, 15) is 0 Å². The highest BCUT2D eigenvalue weighted by Gasteiger charge is 2.18. The molecule has 0 amide bonds. The van der Waals surface area contributed by atoms with Crippen molar-refractivity contribution < 1.29 is 0 Å². The minimum Gasteiger partial charge on any atom is -0.310 e. The quantitative estimate of drug-likeness (QED) is 0.122. The van der Waals surface area contributed by atoms with E-state index >= 15 is 0 Å². The molecule has 0 radical (unpaired) electrons. The normalized spacial score (nSPS) is 11.3. The molecule has 0 aliphatic rings. The number of anilines is 6. The summed E-state index contributed by atoms with van der Waals surface area (Å²) >= 11 is 0. The van der Waals surface area contributed by atoms with E-state index in [1.165, 1.54) is 33.0 Å². The van der Waals surface area contributed by atoms with E-state index in [1.807, 2.05) is 12.1 Å². The van der Waals surface area contributed by atoms with Gasteiger partial charge in [-0.05, 0) is 105 Å². The molecule has 276 valence electrons. The highest BCUT2D eigenvalue weighted by molar-refractivity contribution is 6.06. The minimum atomic E-state index is 1.09. The molecular formula is C56H42N2. The van der Waals surface area contributed by atoms with Crippen molar-refractivity contribution in [1.82, 2.24) is 0 Å². The van der Waals surface area contributed by atoms with Gasteiger partial charge < -0.3 is 9.80 Å². The molecule has 0 saturated heterocycles. The zero-order chi connectivity index (χ0) is 38.9. The monoisotopic (exact) mass is 742 g/mol. The number of hydrogen-bond donors (Lipinski definition) is 0. The van der Waals surface area contributed by atoms with Gasteiger partial charge in [-0.2, -0.15) is 0 Å². The van der Waals surface area contributed by atoms with Crippen LogP contribution in [0, 0.1) is 0 Å². The summed E-state index contributed by atoms with van der Waals surface area (Å²) in [5.41, 5.74) is 13.6. The molecule has 58 heavy (non-hydrogen) atoms. The fraction of sp³-hybridized carbons (Fsp3) is 0. The fourth-order valence-corrected chi connectivity index (χ4v) is 7.61. The maximum absolute atomic E-state index is 2.37. The van der Waals surface area contributed by atoms with E-state index in [0.717, 1.165) is 45.3 Å². The Balaban J connectivity index is 1.08. The summed E-state index contributed by atoms with van der Waals surface area (Å²) in [4.78, 5) is 4.70. The van der Waals surface area contributed by atoms with Crippen molar-refractivity contribution in [3.05, 3.63) is 253 Å². The van der Waals surface area contributed by atoms with Gasteiger partial charge in [0.15, 0.2) is 0 Å². The van der Waals surface area contributed by atoms with Crippen LogP contribution in [0.15, 0.2) is 231 Å². The number of nitrogens with zero attached hydrogens (tertiary/aromatic N) is 2. The van der Waals surface area contributed by atoms with E-state index in [-0.39, 0.29) is 0 Å². The maximum Gasteiger partial charge on any atom is 0.0540 e. The Kier molecular flexibility index (Phi) is 10.5. The van der Waals surface area contributed by atoms with Crippen LogP contribution in [0.25, 0.3) is 46.2 Å². The number of benzene rings is 9. The third-order valence-corrected chi connectivity index (χ3v) is 10.4. The highest BCUT2D eigenvalue weighted by Crippen LogP contribution is 2.42. The molecule has 0 bridgehead atoms. The fourth-order valence-electron chi connectivity index (χ4n) is 7.61. The standard InChI is InChI=1S/C56H42N2/c1-5-17-43(18-6-1)33-35-45-21-13-27-51(41-45)57(48-23-9-3-10-24-48)50-39-37-47(38-40-50)53-29-15-31-55-54(53)30-16-32-56(55)58(49-25-11-4-12-26-49)52-28-14-22-46(42-52)36-34-44-19-7-2-8-20-44/h1-42H. The lowest BCUT2D eigenvalue weighted by molar-refractivity contribution is 1.28. The van der Waals surface area contributed by atoms with Crippen molar-refractivity contribution in [2.24, 2.45) is 0 Å². The highest BCUT2D eigenvalue weighted by atomic mass is 15.1. The summed E-state index contributed by atoms with van der Waals surface area (Å²) in [6.07, 6.45) is 8.70. The Morgan fingerprint density at radius 2 is 0.655 bits per heavy atom. The topological polar surface area (TPSA) is 6.48 Å². The SMILES string of the molecule is C(=Cc1cccc(N(c2ccccc2)c2ccc(-c3cccc4c(N(c5ccccc5)c5cccc(C=Cc6ccccc6)c5)cccc34)cc2)c1)c1ccccc1. The Morgan fingerprint density at radius 3 is 1.22 bits per heavy atom. The van der Waals surface area contributed by atoms with Crippen LogP contribution in [0.5, 0.6) is 0 Å². The average molecular weight is 743 g/mol. The third kappa shape index (κ3) is 8.00. The summed E-state index contributed by atoms with van der Waals surface area (Å²) in [6.45, 7) is 0. The molecule has 0 spiro atoms. The van der Waals surface area contributed by atoms with Crippen LogP contribution >= 0.6 is 0 Å². The van der Waals surface area contributed by atoms with Crippen molar-refractivity contribution in [1.29, 1.82) is 0 Å². The number of rotatable bonds is 11. The Bertz CT molecular complexity index is 2810.